The van der Waals surface area contributed by atoms with Crippen LogP contribution in [0.1, 0.15) is 18.1 Å². The van der Waals surface area contributed by atoms with E-state index >= 15 is 0 Å². The van der Waals surface area contributed by atoms with Gasteiger partial charge in [0.2, 0.25) is 0 Å². The van der Waals surface area contributed by atoms with Gasteiger partial charge >= 0.3 is 0 Å². The summed E-state index contributed by atoms with van der Waals surface area (Å²) in [6.07, 6.45) is 0. The van der Waals surface area contributed by atoms with Crippen molar-refractivity contribution in [1.29, 1.82) is 0 Å². The molecular formula is C11H17N2O+. The van der Waals surface area contributed by atoms with Crippen LogP contribution in [0.4, 0.5) is 5.69 Å². The van der Waals surface area contributed by atoms with Crippen LogP contribution in [0, 0.1) is 13.8 Å². The van der Waals surface area contributed by atoms with E-state index in [0.29, 0.717) is 0 Å². The molecule has 0 fully saturated rings. The third-order valence-electron chi connectivity index (χ3n) is 2.18. The molecule has 0 saturated heterocycles. The average molecular weight is 193 g/mol. The fourth-order valence-electron chi connectivity index (χ4n) is 1.26. The van der Waals surface area contributed by atoms with Crippen LogP contribution < -0.4 is 11.1 Å². The van der Waals surface area contributed by atoms with Crippen LogP contribution in [0.25, 0.3) is 0 Å². The Hall–Kier alpha value is -1.35. The number of anilines is 1. The van der Waals surface area contributed by atoms with Gasteiger partial charge in [-0.1, -0.05) is 18.2 Å². The maximum Gasteiger partial charge on any atom is 0.282 e. The van der Waals surface area contributed by atoms with Gasteiger partial charge < -0.3 is 11.1 Å². The molecule has 1 aromatic carbocycles. The molecule has 0 radical (unpaired) electrons. The summed E-state index contributed by atoms with van der Waals surface area (Å²) >= 11 is 0. The van der Waals surface area contributed by atoms with Crippen LogP contribution in [-0.2, 0) is 4.79 Å². The second kappa shape index (κ2) is 4.24. The van der Waals surface area contributed by atoms with E-state index in [4.69, 9.17) is 0 Å². The highest BCUT2D eigenvalue weighted by Gasteiger charge is 2.12. The summed E-state index contributed by atoms with van der Waals surface area (Å²) in [6, 6.07) is 5.72. The number of carbonyl (C=O) groups is 1. The minimum Gasteiger partial charge on any atom is -0.348 e. The van der Waals surface area contributed by atoms with Crippen LogP contribution in [0.5, 0.6) is 0 Å². The van der Waals surface area contributed by atoms with Crippen LogP contribution in [-0.4, -0.2) is 11.9 Å². The molecular weight excluding hydrogens is 176 g/mol. The maximum absolute atomic E-state index is 11.4. The first-order chi connectivity index (χ1) is 6.52. The summed E-state index contributed by atoms with van der Waals surface area (Å²) in [6.45, 7) is 5.75. The molecule has 1 aromatic rings. The highest BCUT2D eigenvalue weighted by Crippen LogP contribution is 2.19. The number of nitrogens with one attached hydrogen (secondary N) is 1. The van der Waals surface area contributed by atoms with Crippen molar-refractivity contribution in [1.82, 2.24) is 0 Å². The van der Waals surface area contributed by atoms with Gasteiger partial charge in [-0.2, -0.15) is 0 Å². The molecule has 1 atom stereocenters. The van der Waals surface area contributed by atoms with Crippen molar-refractivity contribution in [3.63, 3.8) is 0 Å². The average Bonchev–Trinajstić information content (AvgIpc) is 2.11. The number of hydrogen-bond donors (Lipinski definition) is 2. The van der Waals surface area contributed by atoms with E-state index in [1.54, 1.807) is 6.92 Å². The Morgan fingerprint density at radius 1 is 1.36 bits per heavy atom. The van der Waals surface area contributed by atoms with Crippen molar-refractivity contribution in [3.8, 4) is 0 Å². The Balaban J connectivity index is 2.91. The Labute approximate surface area is 84.3 Å². The van der Waals surface area contributed by atoms with Gasteiger partial charge in [0.25, 0.3) is 5.91 Å². The molecule has 0 saturated carbocycles. The van der Waals surface area contributed by atoms with Crippen molar-refractivity contribution in [2.24, 2.45) is 0 Å². The van der Waals surface area contributed by atoms with Gasteiger partial charge in [-0.15, -0.1) is 0 Å². The molecule has 0 aliphatic heterocycles. The molecule has 3 heteroatoms. The van der Waals surface area contributed by atoms with Crippen molar-refractivity contribution in [2.45, 2.75) is 26.8 Å². The van der Waals surface area contributed by atoms with E-state index in [-0.39, 0.29) is 11.9 Å². The van der Waals surface area contributed by atoms with Crippen molar-refractivity contribution >= 4 is 11.6 Å². The molecule has 14 heavy (non-hydrogen) atoms. The molecule has 1 amide bonds. The molecule has 76 valence electrons. The lowest BCUT2D eigenvalue weighted by Gasteiger charge is -2.11. The predicted octanol–water partition coefficient (Wildman–Crippen LogP) is 0.872. The minimum atomic E-state index is -0.228. The van der Waals surface area contributed by atoms with Crippen LogP contribution in [0.15, 0.2) is 18.2 Å². The Morgan fingerprint density at radius 2 is 1.86 bits per heavy atom. The second-order valence-corrected chi connectivity index (χ2v) is 3.66. The quantitative estimate of drug-likeness (QED) is 0.719. The third kappa shape index (κ3) is 2.33. The van der Waals surface area contributed by atoms with Crippen LogP contribution >= 0.6 is 0 Å². The number of benzene rings is 1. The SMILES string of the molecule is Cc1cccc(C)c1NC(=O)[C@H](C)[NH3+]. The fourth-order valence-corrected chi connectivity index (χ4v) is 1.26. The van der Waals surface area contributed by atoms with Gasteiger partial charge in [0.05, 0.1) is 0 Å². The monoisotopic (exact) mass is 193 g/mol. The van der Waals surface area contributed by atoms with Crippen LogP contribution in [0.3, 0.4) is 0 Å². The number of hydrogen-bond acceptors (Lipinski definition) is 1. The highest BCUT2D eigenvalue weighted by atomic mass is 16.2. The Kier molecular flexibility index (Phi) is 3.25. The number of quaternary nitrogens is 1. The maximum atomic E-state index is 11.4. The largest absolute Gasteiger partial charge is 0.348 e. The lowest BCUT2D eigenvalue weighted by atomic mass is 10.1. The number of aryl methyl sites for hydroxylation is 2. The van der Waals surface area contributed by atoms with Gasteiger partial charge in [0.15, 0.2) is 6.04 Å². The lowest BCUT2D eigenvalue weighted by molar-refractivity contribution is -0.396. The summed E-state index contributed by atoms with van der Waals surface area (Å²) in [5.41, 5.74) is 6.76. The molecule has 0 unspecified atom stereocenters. The van der Waals surface area contributed by atoms with Crippen molar-refractivity contribution < 1.29 is 10.5 Å². The standard InChI is InChI=1S/C11H16N2O/c1-7-5-4-6-8(2)10(7)13-11(14)9(3)12/h4-6,9H,12H2,1-3H3,(H,13,14)/p+1/t9-/m0/s1. The normalized spacial score (nSPS) is 12.3. The topological polar surface area (TPSA) is 56.7 Å². The number of rotatable bonds is 2. The smallest absolute Gasteiger partial charge is 0.282 e. The van der Waals surface area contributed by atoms with E-state index < -0.39 is 0 Å². The molecule has 0 aliphatic rings. The predicted molar refractivity (Wildman–Crippen MR) is 56.9 cm³/mol. The Bertz CT molecular complexity index is 325. The molecule has 0 aromatic heterocycles. The number of para-hydroxylation sites is 1. The van der Waals surface area contributed by atoms with Gasteiger partial charge in [0, 0.05) is 5.69 Å². The first-order valence-electron chi connectivity index (χ1n) is 4.72. The van der Waals surface area contributed by atoms with Gasteiger partial charge in [-0.25, -0.2) is 0 Å². The lowest BCUT2D eigenvalue weighted by Crippen LogP contribution is -2.64. The zero-order valence-corrected chi connectivity index (χ0v) is 8.92. The van der Waals surface area contributed by atoms with Crippen molar-refractivity contribution in [3.05, 3.63) is 29.3 Å². The van der Waals surface area contributed by atoms with Gasteiger partial charge in [0.1, 0.15) is 0 Å². The summed E-state index contributed by atoms with van der Waals surface area (Å²) in [4.78, 5) is 11.4. The summed E-state index contributed by atoms with van der Waals surface area (Å²) in [7, 11) is 0. The van der Waals surface area contributed by atoms with E-state index in [0.717, 1.165) is 16.8 Å². The zero-order valence-electron chi connectivity index (χ0n) is 8.92. The molecule has 0 heterocycles. The summed E-state index contributed by atoms with van der Waals surface area (Å²) in [5, 5.41) is 2.88. The van der Waals surface area contributed by atoms with E-state index in [9.17, 15) is 4.79 Å². The number of amides is 1. The second-order valence-electron chi connectivity index (χ2n) is 3.66. The first kappa shape index (κ1) is 10.7. The fraction of sp³-hybridized carbons (Fsp3) is 0.364. The molecule has 4 N–H and O–H groups in total. The highest BCUT2D eigenvalue weighted by molar-refractivity contribution is 5.94. The minimum absolute atomic E-state index is 0.0394. The zero-order chi connectivity index (χ0) is 10.7. The van der Waals surface area contributed by atoms with E-state index in [1.807, 2.05) is 32.0 Å². The third-order valence-corrected chi connectivity index (χ3v) is 2.18. The molecule has 0 bridgehead atoms. The number of carbonyl (C=O) groups excluding carboxylic acids is 1. The van der Waals surface area contributed by atoms with E-state index in [1.165, 1.54) is 0 Å². The molecule has 3 nitrogen and oxygen atoms in total. The van der Waals surface area contributed by atoms with Crippen molar-refractivity contribution in [2.75, 3.05) is 5.32 Å². The van der Waals surface area contributed by atoms with E-state index in [2.05, 4.69) is 11.1 Å². The molecule has 1 rings (SSSR count). The summed E-state index contributed by atoms with van der Waals surface area (Å²) in [5.74, 6) is -0.0394. The summed E-state index contributed by atoms with van der Waals surface area (Å²) < 4.78 is 0. The molecule has 0 spiro atoms. The first-order valence-corrected chi connectivity index (χ1v) is 4.72. The molecule has 0 aliphatic carbocycles. The van der Waals surface area contributed by atoms with Gasteiger partial charge in [-0.3, -0.25) is 4.79 Å². The van der Waals surface area contributed by atoms with Gasteiger partial charge in [-0.05, 0) is 31.9 Å². The van der Waals surface area contributed by atoms with Crippen LogP contribution in [0.2, 0.25) is 0 Å². The Morgan fingerprint density at radius 3 is 2.29 bits per heavy atom.